The van der Waals surface area contributed by atoms with Crippen molar-refractivity contribution < 1.29 is 9.59 Å². The van der Waals surface area contributed by atoms with Crippen LogP contribution in [0.5, 0.6) is 0 Å². The van der Waals surface area contributed by atoms with E-state index in [1.54, 1.807) is 16.0 Å². The third-order valence-corrected chi connectivity index (χ3v) is 9.61. The predicted octanol–water partition coefficient (Wildman–Crippen LogP) is 7.87. The van der Waals surface area contributed by atoms with E-state index in [-0.39, 0.29) is 29.1 Å². The highest BCUT2D eigenvalue weighted by atomic mass is 32.1. The first-order chi connectivity index (χ1) is 21.2. The third-order valence-electron chi connectivity index (χ3n) is 8.71. The molecule has 1 aliphatic carbocycles. The van der Waals surface area contributed by atoms with Crippen molar-refractivity contribution in [1.29, 1.82) is 0 Å². The highest BCUT2D eigenvalue weighted by molar-refractivity contribution is 7.11. The summed E-state index contributed by atoms with van der Waals surface area (Å²) in [5.41, 5.74) is 6.58. The molecule has 228 valence electrons. The van der Waals surface area contributed by atoms with E-state index >= 15 is 0 Å². The summed E-state index contributed by atoms with van der Waals surface area (Å²) in [5, 5.41) is 16.4. The molecule has 6 rings (SSSR count). The zero-order valence-electron chi connectivity index (χ0n) is 25.9. The molecule has 0 saturated carbocycles. The number of carbonyl (C=O) groups excluding carboxylic acids is 2. The van der Waals surface area contributed by atoms with Gasteiger partial charge in [-0.15, -0.1) is 11.3 Å². The van der Waals surface area contributed by atoms with Crippen LogP contribution in [0, 0.1) is 12.8 Å². The second-order valence-corrected chi connectivity index (χ2v) is 14.0. The van der Waals surface area contributed by atoms with Gasteiger partial charge in [-0.1, -0.05) is 50.6 Å². The summed E-state index contributed by atoms with van der Waals surface area (Å²) in [4.78, 5) is 28.8. The Balaban J connectivity index is 1.25. The van der Waals surface area contributed by atoms with Gasteiger partial charge in [-0.3, -0.25) is 10.1 Å². The van der Waals surface area contributed by atoms with Gasteiger partial charge in [0.1, 0.15) is 5.82 Å². The van der Waals surface area contributed by atoms with Crippen LogP contribution in [0.4, 0.5) is 16.3 Å². The summed E-state index contributed by atoms with van der Waals surface area (Å²) in [6.45, 7) is 10.2. The lowest BCUT2D eigenvalue weighted by atomic mass is 9.75. The second kappa shape index (κ2) is 12.5. The molecule has 0 bridgehead atoms. The van der Waals surface area contributed by atoms with Gasteiger partial charge in [0.25, 0.3) is 0 Å². The average Bonchev–Trinajstić information content (AvgIpc) is 3.65. The molecule has 1 unspecified atom stereocenters. The molecule has 1 atom stereocenters. The molecule has 8 heteroatoms. The largest absolute Gasteiger partial charge is 0.324 e. The molecule has 2 aromatic carbocycles. The Bertz CT molecular complexity index is 1690. The number of hydrogen-bond acceptors (Lipinski definition) is 5. The lowest BCUT2D eigenvalue weighted by molar-refractivity contribution is -0.118. The minimum Gasteiger partial charge on any atom is -0.317 e. The van der Waals surface area contributed by atoms with E-state index in [4.69, 9.17) is 5.10 Å². The minimum absolute atomic E-state index is 0.188. The standard InChI is InChI=1S/C36H41N5O2S/c1-23-8-12-29(13-9-23)41-32(22-31(40-41)36(2,3)4)39-35(43)38-28-7-5-6-26(20-28)33(25-14-17-37-18-15-25)34(42)27-11-10-24-16-19-44-30(24)21-27/h5-9,12-13,16,19-22,25,33,37H,10-11,14-15,17-18H2,1-4H3,(H2,38,39,43). The lowest BCUT2D eigenvalue weighted by Gasteiger charge is -2.31. The first-order valence-electron chi connectivity index (χ1n) is 15.5. The summed E-state index contributed by atoms with van der Waals surface area (Å²) >= 11 is 1.70. The van der Waals surface area contributed by atoms with Crippen molar-refractivity contribution in [3.63, 3.8) is 0 Å². The lowest BCUT2D eigenvalue weighted by Crippen LogP contribution is -2.34. The highest BCUT2D eigenvalue weighted by Gasteiger charge is 2.33. The number of carbonyl (C=O) groups is 2. The number of nitrogens with one attached hydrogen (secondary N) is 3. The van der Waals surface area contributed by atoms with E-state index < -0.39 is 0 Å². The van der Waals surface area contributed by atoms with Crippen LogP contribution in [0.1, 0.15) is 73.2 Å². The normalized spacial score (nSPS) is 16.1. The Hall–Kier alpha value is -4.01. The Labute approximate surface area is 263 Å². The third kappa shape index (κ3) is 6.56. The molecule has 1 aliphatic heterocycles. The Morgan fingerprint density at radius 1 is 1.00 bits per heavy atom. The molecule has 3 N–H and O–H groups in total. The maximum absolute atomic E-state index is 14.2. The first-order valence-corrected chi connectivity index (χ1v) is 16.4. The number of benzene rings is 2. The van der Waals surface area contributed by atoms with Crippen molar-refractivity contribution in [2.45, 2.75) is 64.7 Å². The Morgan fingerprint density at radius 3 is 2.52 bits per heavy atom. The molecular weight excluding hydrogens is 566 g/mol. The maximum Gasteiger partial charge on any atom is 0.324 e. The maximum atomic E-state index is 14.2. The molecule has 0 spiro atoms. The molecule has 0 radical (unpaired) electrons. The number of thiophene rings is 1. The Morgan fingerprint density at radius 2 is 1.77 bits per heavy atom. The molecule has 44 heavy (non-hydrogen) atoms. The zero-order chi connectivity index (χ0) is 30.8. The monoisotopic (exact) mass is 607 g/mol. The molecule has 2 aliphatic rings. The summed E-state index contributed by atoms with van der Waals surface area (Å²) in [7, 11) is 0. The number of allylic oxidation sites excluding steroid dienone is 1. The number of hydrogen-bond donors (Lipinski definition) is 3. The molecule has 7 nitrogen and oxygen atoms in total. The van der Waals surface area contributed by atoms with Crippen molar-refractivity contribution in [2.75, 3.05) is 23.7 Å². The van der Waals surface area contributed by atoms with E-state index in [1.165, 1.54) is 10.4 Å². The molecule has 1 saturated heterocycles. The summed E-state index contributed by atoms with van der Waals surface area (Å²) in [5.74, 6) is 0.812. The number of nitrogens with zero attached hydrogens (tertiary/aromatic N) is 2. The zero-order valence-corrected chi connectivity index (χ0v) is 26.8. The number of ketones is 1. The van der Waals surface area contributed by atoms with Gasteiger partial charge in [0.05, 0.1) is 17.3 Å². The van der Waals surface area contributed by atoms with E-state index in [2.05, 4.69) is 54.2 Å². The summed E-state index contributed by atoms with van der Waals surface area (Å²) < 4.78 is 1.78. The predicted molar refractivity (Wildman–Crippen MR) is 180 cm³/mol. The molecule has 4 aromatic rings. The van der Waals surface area contributed by atoms with Crippen LogP contribution in [-0.4, -0.2) is 34.7 Å². The number of rotatable bonds is 7. The van der Waals surface area contributed by atoms with E-state index in [9.17, 15) is 9.59 Å². The van der Waals surface area contributed by atoms with Gasteiger partial charge in [-0.25, -0.2) is 9.48 Å². The summed E-state index contributed by atoms with van der Waals surface area (Å²) in [6.07, 6.45) is 5.69. The number of urea groups is 1. The number of anilines is 2. The van der Waals surface area contributed by atoms with Gasteiger partial charge in [0.2, 0.25) is 0 Å². The number of fused-ring (bicyclic) bond motifs is 1. The van der Waals surface area contributed by atoms with E-state index in [0.717, 1.165) is 66.9 Å². The smallest absolute Gasteiger partial charge is 0.317 e. The van der Waals surface area contributed by atoms with Crippen LogP contribution in [0.25, 0.3) is 11.8 Å². The van der Waals surface area contributed by atoms with Crippen molar-refractivity contribution in [3.05, 3.63) is 98.9 Å². The van der Waals surface area contributed by atoms with E-state index in [0.29, 0.717) is 11.5 Å². The van der Waals surface area contributed by atoms with Gasteiger partial charge < -0.3 is 10.6 Å². The number of aromatic nitrogens is 2. The van der Waals surface area contributed by atoms with Crippen LogP contribution in [0.3, 0.4) is 0 Å². The van der Waals surface area contributed by atoms with Crippen molar-refractivity contribution in [1.82, 2.24) is 15.1 Å². The fraction of sp³-hybridized carbons (Fsp3) is 0.361. The average molecular weight is 608 g/mol. The fourth-order valence-corrected chi connectivity index (χ4v) is 7.11. The van der Waals surface area contributed by atoms with Crippen LogP contribution in [0.2, 0.25) is 0 Å². The van der Waals surface area contributed by atoms with Crippen LogP contribution >= 0.6 is 11.3 Å². The number of piperidine rings is 1. The quantitative estimate of drug-likeness (QED) is 0.200. The SMILES string of the molecule is Cc1ccc(-n2nc(C(C)(C)C)cc2NC(=O)Nc2cccc(C(C(=O)C3=Cc4sccc4CC3)C3CCNCC3)c2)cc1. The van der Waals surface area contributed by atoms with Gasteiger partial charge in [-0.05, 0) is 110 Å². The number of Topliss-reactive ketones (excluding diaryl/α,β-unsaturated/α-hetero) is 1. The molecule has 1 fully saturated rings. The van der Waals surface area contributed by atoms with Gasteiger partial charge in [0, 0.05) is 22.0 Å². The second-order valence-electron chi connectivity index (χ2n) is 13.0. The van der Waals surface area contributed by atoms with Crippen LogP contribution in [-0.2, 0) is 16.6 Å². The first kappa shape index (κ1) is 30.0. The van der Waals surface area contributed by atoms with Crippen LogP contribution in [0.15, 0.2) is 71.6 Å². The van der Waals surface area contributed by atoms with E-state index in [1.807, 2.05) is 61.5 Å². The van der Waals surface area contributed by atoms with Crippen LogP contribution < -0.4 is 16.0 Å². The number of amides is 2. The highest BCUT2D eigenvalue weighted by Crippen LogP contribution is 2.38. The fourth-order valence-electron chi connectivity index (χ4n) is 6.20. The molecule has 2 amide bonds. The topological polar surface area (TPSA) is 88.1 Å². The van der Waals surface area contributed by atoms with Crippen molar-refractivity contribution in [3.8, 4) is 5.69 Å². The van der Waals surface area contributed by atoms with Gasteiger partial charge in [0.15, 0.2) is 5.78 Å². The van der Waals surface area contributed by atoms with Gasteiger partial charge >= 0.3 is 6.03 Å². The molecular formula is C36H41N5O2S. The van der Waals surface area contributed by atoms with Crippen molar-refractivity contribution in [2.24, 2.45) is 5.92 Å². The molecule has 2 aromatic heterocycles. The minimum atomic E-state index is -0.360. The number of aryl methyl sites for hydroxylation is 2. The summed E-state index contributed by atoms with van der Waals surface area (Å²) in [6, 6.07) is 19.6. The van der Waals surface area contributed by atoms with Crippen molar-refractivity contribution >= 4 is 40.7 Å². The Kier molecular flexibility index (Phi) is 8.56. The molecule has 3 heterocycles. The van der Waals surface area contributed by atoms with Gasteiger partial charge in [-0.2, -0.15) is 5.10 Å².